The zero-order chi connectivity index (χ0) is 8.53. The Bertz CT molecular complexity index is 101. The minimum Gasteiger partial charge on any atom is -0.162 e. The molecule has 0 aliphatic rings. The molecule has 0 aliphatic carbocycles. The van der Waals surface area contributed by atoms with E-state index in [0.717, 1.165) is 6.42 Å². The van der Waals surface area contributed by atoms with E-state index in [-0.39, 0.29) is 0 Å². The minimum atomic E-state index is 1.06. The number of allylic oxidation sites excluding steroid dienone is 2. The molecule has 0 aromatic carbocycles. The second kappa shape index (κ2) is 8.19. The summed E-state index contributed by atoms with van der Waals surface area (Å²) in [7, 11) is 0. The van der Waals surface area contributed by atoms with Gasteiger partial charge in [-0.15, -0.1) is 0 Å². The lowest BCUT2D eigenvalue weighted by Gasteiger charge is -1.96. The van der Waals surface area contributed by atoms with Crippen LogP contribution in [-0.2, 0) is 0 Å². The molecule has 0 bridgehead atoms. The third-order valence-corrected chi connectivity index (χ3v) is 2.49. The molecule has 0 aromatic heterocycles. The molecule has 0 atom stereocenters. The quantitative estimate of drug-likeness (QED) is 0.434. The van der Waals surface area contributed by atoms with E-state index in [1.165, 1.54) is 29.9 Å². The number of rotatable bonds is 6. The van der Waals surface area contributed by atoms with Crippen LogP contribution >= 0.6 is 11.8 Å². The van der Waals surface area contributed by atoms with Crippen molar-refractivity contribution >= 4 is 11.8 Å². The van der Waals surface area contributed by atoms with E-state index in [0.29, 0.717) is 0 Å². The number of thioether (sulfide) groups is 1. The van der Waals surface area contributed by atoms with E-state index in [1.807, 2.05) is 11.8 Å². The molecule has 1 heteroatoms. The molecule has 0 N–H and O–H groups in total. The molecule has 65 valence electrons. The van der Waals surface area contributed by atoms with Gasteiger partial charge < -0.3 is 0 Å². The van der Waals surface area contributed by atoms with Gasteiger partial charge in [0.15, 0.2) is 0 Å². The van der Waals surface area contributed by atoms with Gasteiger partial charge in [-0.25, -0.2) is 0 Å². The molecule has 0 unspecified atom stereocenters. The molecule has 0 amide bonds. The maximum atomic E-state index is 3.80. The van der Waals surface area contributed by atoms with Crippen molar-refractivity contribution in [2.75, 3.05) is 11.5 Å². The summed E-state index contributed by atoms with van der Waals surface area (Å²) in [5.74, 6) is 2.51. The Morgan fingerprint density at radius 1 is 1.36 bits per heavy atom. The maximum Gasteiger partial charge on any atom is -0.00646 e. The minimum absolute atomic E-state index is 1.06. The van der Waals surface area contributed by atoms with Gasteiger partial charge in [0.25, 0.3) is 0 Å². The highest BCUT2D eigenvalue weighted by Crippen LogP contribution is 2.06. The van der Waals surface area contributed by atoms with Crippen molar-refractivity contribution in [1.29, 1.82) is 0 Å². The van der Waals surface area contributed by atoms with Crippen LogP contribution in [0.4, 0.5) is 0 Å². The first-order valence-corrected chi connectivity index (χ1v) is 5.43. The summed E-state index contributed by atoms with van der Waals surface area (Å²) in [6, 6.07) is 0. The highest BCUT2D eigenvalue weighted by molar-refractivity contribution is 7.99. The highest BCUT2D eigenvalue weighted by atomic mass is 32.2. The van der Waals surface area contributed by atoms with Gasteiger partial charge in [-0.3, -0.25) is 0 Å². The number of hydrogen-bond acceptors (Lipinski definition) is 1. The molecule has 0 aliphatic heterocycles. The van der Waals surface area contributed by atoms with Crippen LogP contribution in [0.3, 0.4) is 0 Å². The lowest BCUT2D eigenvalue weighted by Crippen LogP contribution is -1.81. The van der Waals surface area contributed by atoms with Gasteiger partial charge >= 0.3 is 0 Å². The van der Waals surface area contributed by atoms with E-state index < -0.39 is 0 Å². The summed E-state index contributed by atoms with van der Waals surface area (Å²) in [5, 5.41) is 0. The van der Waals surface area contributed by atoms with Crippen molar-refractivity contribution in [3.63, 3.8) is 0 Å². The zero-order valence-electron chi connectivity index (χ0n) is 7.73. The fourth-order valence-electron chi connectivity index (χ4n) is 0.780. The summed E-state index contributed by atoms with van der Waals surface area (Å²) in [6.07, 6.45) is 5.93. The van der Waals surface area contributed by atoms with Gasteiger partial charge in [0.05, 0.1) is 0 Å². The molecule has 0 rings (SSSR count). The van der Waals surface area contributed by atoms with Gasteiger partial charge in [-0.1, -0.05) is 18.6 Å². The Balaban J connectivity index is 2.97. The van der Waals surface area contributed by atoms with Crippen LogP contribution in [0.2, 0.25) is 0 Å². The van der Waals surface area contributed by atoms with Crippen molar-refractivity contribution in [2.24, 2.45) is 0 Å². The molecule has 0 saturated carbocycles. The first-order valence-electron chi connectivity index (χ1n) is 4.27. The average Bonchev–Trinajstić information content (AvgIpc) is 1.96. The molecule has 0 saturated heterocycles. The van der Waals surface area contributed by atoms with E-state index in [2.05, 4.69) is 26.8 Å². The fraction of sp³-hybridized carbons (Fsp3) is 0.700. The lowest BCUT2D eigenvalue weighted by molar-refractivity contribution is 0.959. The van der Waals surface area contributed by atoms with E-state index >= 15 is 0 Å². The van der Waals surface area contributed by atoms with Crippen molar-refractivity contribution in [3.05, 3.63) is 18.6 Å². The van der Waals surface area contributed by atoms with Crippen molar-refractivity contribution in [1.82, 2.24) is 0 Å². The van der Waals surface area contributed by atoms with Crippen molar-refractivity contribution in [3.8, 4) is 0 Å². The number of hydrogen-bond donors (Lipinski definition) is 0. The molecule has 0 aromatic rings. The van der Waals surface area contributed by atoms with Crippen LogP contribution in [0.1, 0.15) is 33.1 Å². The average molecular weight is 171 g/mol. The van der Waals surface area contributed by atoms with Gasteiger partial charge in [-0.05, 0) is 44.6 Å². The summed E-state index contributed by atoms with van der Waals surface area (Å²) in [4.78, 5) is 0. The fourth-order valence-corrected chi connectivity index (χ4v) is 1.56. The summed E-state index contributed by atoms with van der Waals surface area (Å²) in [6.45, 7) is 8.11. The molecule has 0 heterocycles. The molecule has 0 nitrogen and oxygen atoms in total. The SMILES string of the molecule is [CH2]CCSCCCC=C(C)C. The molecule has 0 fully saturated rings. The lowest BCUT2D eigenvalue weighted by atomic mass is 10.2. The molecular weight excluding hydrogens is 152 g/mol. The summed E-state index contributed by atoms with van der Waals surface area (Å²) >= 11 is 2.01. The molecular formula is C10H19S. The predicted octanol–water partition coefficient (Wildman–Crippen LogP) is 3.69. The van der Waals surface area contributed by atoms with Crippen LogP contribution in [0.5, 0.6) is 0 Å². The predicted molar refractivity (Wildman–Crippen MR) is 56.0 cm³/mol. The number of unbranched alkanes of at least 4 members (excludes halogenated alkanes) is 1. The maximum absolute atomic E-state index is 3.80. The van der Waals surface area contributed by atoms with Crippen LogP contribution in [0.15, 0.2) is 11.6 Å². The normalized spacial score (nSPS) is 9.73. The van der Waals surface area contributed by atoms with Crippen LogP contribution in [0, 0.1) is 6.92 Å². The Hall–Kier alpha value is 0.0900. The largest absolute Gasteiger partial charge is 0.162 e. The summed E-state index contributed by atoms with van der Waals surface area (Å²) < 4.78 is 0. The second-order valence-corrected chi connectivity index (χ2v) is 4.11. The van der Waals surface area contributed by atoms with Crippen molar-refractivity contribution < 1.29 is 0 Å². The van der Waals surface area contributed by atoms with Crippen LogP contribution in [0.25, 0.3) is 0 Å². The summed E-state index contributed by atoms with van der Waals surface area (Å²) in [5.41, 5.74) is 1.44. The van der Waals surface area contributed by atoms with Crippen molar-refractivity contribution in [2.45, 2.75) is 33.1 Å². The molecule has 0 spiro atoms. The van der Waals surface area contributed by atoms with Crippen LogP contribution < -0.4 is 0 Å². The highest BCUT2D eigenvalue weighted by Gasteiger charge is 1.86. The monoisotopic (exact) mass is 171 g/mol. The van der Waals surface area contributed by atoms with E-state index in [9.17, 15) is 0 Å². The Morgan fingerprint density at radius 3 is 2.64 bits per heavy atom. The zero-order valence-corrected chi connectivity index (χ0v) is 8.54. The molecule has 11 heavy (non-hydrogen) atoms. The van der Waals surface area contributed by atoms with E-state index in [1.54, 1.807) is 0 Å². The van der Waals surface area contributed by atoms with Gasteiger partial charge in [-0.2, -0.15) is 11.8 Å². The third-order valence-electron chi connectivity index (χ3n) is 1.33. The Morgan fingerprint density at radius 2 is 2.09 bits per heavy atom. The Labute approximate surface area is 75.5 Å². The Kier molecular flexibility index (Phi) is 8.26. The third kappa shape index (κ3) is 10.1. The van der Waals surface area contributed by atoms with Gasteiger partial charge in [0, 0.05) is 0 Å². The first kappa shape index (κ1) is 11.1. The van der Waals surface area contributed by atoms with Gasteiger partial charge in [0.1, 0.15) is 0 Å². The standard InChI is InChI=1S/C10H19S/c1-4-8-11-9-6-5-7-10(2)3/h7H,1,4-6,8-9H2,2-3H3. The topological polar surface area (TPSA) is 0 Å². The smallest absolute Gasteiger partial charge is 0.00646 e. The van der Waals surface area contributed by atoms with Gasteiger partial charge in [0.2, 0.25) is 0 Å². The first-order chi connectivity index (χ1) is 5.27. The van der Waals surface area contributed by atoms with E-state index in [4.69, 9.17) is 0 Å². The second-order valence-electron chi connectivity index (χ2n) is 2.89. The molecule has 1 radical (unpaired) electrons. The van der Waals surface area contributed by atoms with Crippen LogP contribution in [-0.4, -0.2) is 11.5 Å².